The molecule has 7 aromatic carbocycles. The third-order valence-corrected chi connectivity index (χ3v) is 11.9. The molecule has 0 saturated carbocycles. The smallest absolute Gasteiger partial charge is 0.0541 e. The van der Waals surface area contributed by atoms with Gasteiger partial charge in [-0.15, -0.1) is 0 Å². The lowest BCUT2D eigenvalue weighted by Crippen LogP contribution is -2.17. The molecule has 2 nitrogen and oxygen atoms in total. The van der Waals surface area contributed by atoms with Gasteiger partial charge in [-0.3, -0.25) is 0 Å². The second-order valence-electron chi connectivity index (χ2n) is 15.4. The van der Waals surface area contributed by atoms with Crippen LogP contribution in [0.3, 0.4) is 0 Å². The fourth-order valence-corrected chi connectivity index (χ4v) is 9.05. The minimum Gasteiger partial charge on any atom is -0.310 e. The van der Waals surface area contributed by atoms with Crippen LogP contribution in [0.25, 0.3) is 49.7 Å². The zero-order valence-electron chi connectivity index (χ0n) is 30.9. The van der Waals surface area contributed by atoms with E-state index in [9.17, 15) is 0 Å². The van der Waals surface area contributed by atoms with Crippen molar-refractivity contribution in [1.29, 1.82) is 0 Å². The molecule has 0 bridgehead atoms. The van der Waals surface area contributed by atoms with E-state index in [4.69, 9.17) is 0 Å². The first kappa shape index (κ1) is 32.3. The first-order valence-electron chi connectivity index (χ1n) is 19.1. The van der Waals surface area contributed by atoms with Crippen molar-refractivity contribution in [2.75, 3.05) is 4.90 Å². The summed E-state index contributed by atoms with van der Waals surface area (Å²) in [6, 6.07) is 60.6. The lowest BCUT2D eigenvalue weighted by atomic mass is 9.82. The van der Waals surface area contributed by atoms with Crippen molar-refractivity contribution in [2.24, 2.45) is 5.92 Å². The Labute approximate surface area is 318 Å². The monoisotopic (exact) mass is 694 g/mol. The molecular weight excluding hydrogens is 653 g/mol. The average Bonchev–Trinajstić information content (AvgIpc) is 3.67. The Hall–Kier alpha value is -6.38. The molecule has 10 rings (SSSR count). The van der Waals surface area contributed by atoms with E-state index in [2.05, 4.69) is 218 Å². The molecule has 54 heavy (non-hydrogen) atoms. The molecule has 8 aromatic rings. The number of aromatic nitrogens is 1. The van der Waals surface area contributed by atoms with Crippen LogP contribution in [0.1, 0.15) is 43.4 Å². The highest BCUT2D eigenvalue weighted by atomic mass is 15.1. The van der Waals surface area contributed by atoms with Crippen LogP contribution in [0.2, 0.25) is 0 Å². The third kappa shape index (κ3) is 5.16. The van der Waals surface area contributed by atoms with E-state index in [1.165, 1.54) is 66.4 Å². The normalized spacial score (nSPS) is 16.8. The molecule has 2 aliphatic rings. The van der Waals surface area contributed by atoms with Gasteiger partial charge < -0.3 is 9.47 Å². The molecule has 2 unspecified atom stereocenters. The number of fused-ring (bicyclic) bond motifs is 6. The average molecular weight is 695 g/mol. The zero-order valence-corrected chi connectivity index (χ0v) is 30.9. The van der Waals surface area contributed by atoms with Gasteiger partial charge in [-0.1, -0.05) is 148 Å². The van der Waals surface area contributed by atoms with Crippen molar-refractivity contribution < 1.29 is 0 Å². The molecule has 0 spiro atoms. The van der Waals surface area contributed by atoms with E-state index >= 15 is 0 Å². The zero-order chi connectivity index (χ0) is 36.4. The molecule has 2 heteroatoms. The quantitative estimate of drug-likeness (QED) is 0.168. The van der Waals surface area contributed by atoms with E-state index in [0.29, 0.717) is 11.8 Å². The van der Waals surface area contributed by atoms with Crippen LogP contribution < -0.4 is 4.90 Å². The topological polar surface area (TPSA) is 8.17 Å². The summed E-state index contributed by atoms with van der Waals surface area (Å²) in [6.07, 6.45) is 8.96. The number of nitrogens with zero attached hydrogens (tertiary/aromatic N) is 2. The minimum absolute atomic E-state index is 0.195. The van der Waals surface area contributed by atoms with Crippen LogP contribution in [0.15, 0.2) is 188 Å². The number of benzene rings is 7. The standard InChI is InChI=1S/C52H42N2/c1-35-13-7-8-16-43(35)38-23-27-40(28-24-38)53(39-25-21-37(22-26-39)36-14-5-4-6-15-36)41-29-31-44-45-32-30-42(34-49(45)52(2,3)48(44)33-41)54-50-19-11-9-17-46(50)47-18-10-12-20-51(47)54/h4-35,43H,1-3H3. The van der Waals surface area contributed by atoms with Gasteiger partial charge >= 0.3 is 0 Å². The van der Waals surface area contributed by atoms with Crippen molar-refractivity contribution >= 4 is 38.9 Å². The van der Waals surface area contributed by atoms with Crippen LogP contribution in [-0.2, 0) is 5.41 Å². The van der Waals surface area contributed by atoms with Crippen LogP contribution in [0.4, 0.5) is 17.1 Å². The molecule has 260 valence electrons. The summed E-state index contributed by atoms with van der Waals surface area (Å²) in [4.78, 5) is 2.42. The van der Waals surface area contributed by atoms with Gasteiger partial charge in [0.05, 0.1) is 11.0 Å². The van der Waals surface area contributed by atoms with Gasteiger partial charge in [-0.25, -0.2) is 0 Å². The molecule has 0 N–H and O–H groups in total. The van der Waals surface area contributed by atoms with Gasteiger partial charge in [0.2, 0.25) is 0 Å². The predicted octanol–water partition coefficient (Wildman–Crippen LogP) is 14.1. The van der Waals surface area contributed by atoms with Gasteiger partial charge in [0.1, 0.15) is 0 Å². The first-order chi connectivity index (χ1) is 26.5. The summed E-state index contributed by atoms with van der Waals surface area (Å²) in [7, 11) is 0. The molecule has 1 heterocycles. The Morgan fingerprint density at radius 3 is 1.70 bits per heavy atom. The summed E-state index contributed by atoms with van der Waals surface area (Å²) >= 11 is 0. The maximum atomic E-state index is 2.44. The molecule has 0 saturated heterocycles. The van der Waals surface area contributed by atoms with Crippen LogP contribution in [0.5, 0.6) is 0 Å². The maximum Gasteiger partial charge on any atom is 0.0541 e. The third-order valence-electron chi connectivity index (χ3n) is 11.9. The fraction of sp³-hybridized carbons (Fsp3) is 0.115. The number of para-hydroxylation sites is 2. The summed E-state index contributed by atoms with van der Waals surface area (Å²) < 4.78 is 2.43. The van der Waals surface area contributed by atoms with Crippen LogP contribution in [-0.4, -0.2) is 4.57 Å². The van der Waals surface area contributed by atoms with Crippen LogP contribution >= 0.6 is 0 Å². The highest BCUT2D eigenvalue weighted by Crippen LogP contribution is 2.51. The molecule has 1 aromatic heterocycles. The summed E-state index contributed by atoms with van der Waals surface area (Å²) in [6.45, 7) is 7.08. The molecule has 0 amide bonds. The SMILES string of the molecule is CC1C=CC=CC1c1ccc(N(c2ccc(-c3ccccc3)cc2)c2ccc3c(c2)C(C)(C)c2cc(-n4c5ccccc5c5ccccc54)ccc2-3)cc1. The van der Waals surface area contributed by atoms with Crippen molar-refractivity contribution in [1.82, 2.24) is 4.57 Å². The summed E-state index contributed by atoms with van der Waals surface area (Å²) in [5, 5.41) is 2.57. The molecule has 0 radical (unpaired) electrons. The Morgan fingerprint density at radius 1 is 0.500 bits per heavy atom. The summed E-state index contributed by atoms with van der Waals surface area (Å²) in [5.41, 5.74) is 16.0. The van der Waals surface area contributed by atoms with E-state index < -0.39 is 0 Å². The first-order valence-corrected chi connectivity index (χ1v) is 19.1. The van der Waals surface area contributed by atoms with Crippen LogP contribution in [0, 0.1) is 5.92 Å². The van der Waals surface area contributed by atoms with Crippen molar-refractivity contribution in [3.63, 3.8) is 0 Å². The van der Waals surface area contributed by atoms with Crippen molar-refractivity contribution in [3.05, 3.63) is 205 Å². The Bertz CT molecular complexity index is 2690. The van der Waals surface area contributed by atoms with Gasteiger partial charge in [0.15, 0.2) is 0 Å². The largest absolute Gasteiger partial charge is 0.310 e. The second-order valence-corrected chi connectivity index (χ2v) is 15.4. The second kappa shape index (κ2) is 12.6. The van der Waals surface area contributed by atoms with Crippen molar-refractivity contribution in [3.8, 4) is 27.9 Å². The lowest BCUT2D eigenvalue weighted by Gasteiger charge is -2.29. The van der Waals surface area contributed by atoms with Gasteiger partial charge in [-0.2, -0.15) is 0 Å². The van der Waals surface area contributed by atoms with E-state index in [1.807, 2.05) is 0 Å². The number of anilines is 3. The number of hydrogen-bond donors (Lipinski definition) is 0. The van der Waals surface area contributed by atoms with Gasteiger partial charge in [0, 0.05) is 44.9 Å². The predicted molar refractivity (Wildman–Crippen MR) is 229 cm³/mol. The van der Waals surface area contributed by atoms with Crippen molar-refractivity contribution in [2.45, 2.75) is 32.1 Å². The lowest BCUT2D eigenvalue weighted by molar-refractivity contribution is 0.635. The van der Waals surface area contributed by atoms with E-state index in [-0.39, 0.29) is 5.41 Å². The number of hydrogen-bond acceptors (Lipinski definition) is 1. The molecular formula is C52H42N2. The highest BCUT2D eigenvalue weighted by molar-refractivity contribution is 6.09. The number of allylic oxidation sites excluding steroid dienone is 4. The molecule has 2 aliphatic carbocycles. The summed E-state index contributed by atoms with van der Waals surface area (Å²) in [5.74, 6) is 0.855. The highest BCUT2D eigenvalue weighted by Gasteiger charge is 2.36. The van der Waals surface area contributed by atoms with E-state index in [0.717, 1.165) is 17.1 Å². The van der Waals surface area contributed by atoms with Gasteiger partial charge in [-0.05, 0) is 106 Å². The maximum absolute atomic E-state index is 2.44. The minimum atomic E-state index is -0.195. The fourth-order valence-electron chi connectivity index (χ4n) is 9.05. The Morgan fingerprint density at radius 2 is 1.04 bits per heavy atom. The Kier molecular flexibility index (Phi) is 7.56. The molecule has 0 fully saturated rings. The molecule has 0 aliphatic heterocycles. The van der Waals surface area contributed by atoms with E-state index in [1.54, 1.807) is 0 Å². The number of rotatable bonds is 6. The Balaban J connectivity index is 1.07. The molecule has 2 atom stereocenters. The van der Waals surface area contributed by atoms with Gasteiger partial charge in [0.25, 0.3) is 0 Å².